The maximum atomic E-state index is 5.09. The third kappa shape index (κ3) is 3.26. The number of imidazole rings is 1. The van der Waals surface area contributed by atoms with Crippen molar-refractivity contribution in [3.63, 3.8) is 0 Å². The Kier molecular flexibility index (Phi) is 5.49. The number of thioether (sulfide) groups is 1. The quantitative estimate of drug-likeness (QED) is 0.598. The van der Waals surface area contributed by atoms with Crippen molar-refractivity contribution in [2.45, 2.75) is 24.9 Å². The van der Waals surface area contributed by atoms with Gasteiger partial charge in [0.2, 0.25) is 0 Å². The number of aromatic nitrogens is 2. The van der Waals surface area contributed by atoms with Crippen LogP contribution in [0.5, 0.6) is 0 Å². The van der Waals surface area contributed by atoms with Crippen molar-refractivity contribution in [3.8, 4) is 0 Å². The van der Waals surface area contributed by atoms with Gasteiger partial charge in [-0.2, -0.15) is 0 Å². The number of nitrogens with zero attached hydrogens (tertiary/aromatic N) is 2. The summed E-state index contributed by atoms with van der Waals surface area (Å²) in [6.45, 7) is 4.86. The number of rotatable bonds is 8. The zero-order valence-electron chi connectivity index (χ0n) is 10.8. The van der Waals surface area contributed by atoms with Gasteiger partial charge in [-0.1, -0.05) is 6.92 Å². The third-order valence-electron chi connectivity index (χ3n) is 2.57. The van der Waals surface area contributed by atoms with Crippen LogP contribution in [0, 0.1) is 0 Å². The molecule has 6 heteroatoms. The maximum absolute atomic E-state index is 5.09. The van der Waals surface area contributed by atoms with E-state index < -0.39 is 0 Å². The second-order valence-electron chi connectivity index (χ2n) is 3.94. The van der Waals surface area contributed by atoms with Gasteiger partial charge in [-0.15, -0.1) is 23.1 Å². The first-order valence-corrected chi connectivity index (χ1v) is 8.00. The highest BCUT2D eigenvalue weighted by atomic mass is 32.2. The van der Waals surface area contributed by atoms with Crippen LogP contribution in [0.25, 0.3) is 4.96 Å². The normalized spacial score (nSPS) is 11.4. The number of fused-ring (bicyclic) bond motifs is 1. The molecule has 2 heterocycles. The van der Waals surface area contributed by atoms with Crippen molar-refractivity contribution in [2.24, 2.45) is 0 Å². The average Bonchev–Trinajstić information content (AvgIpc) is 2.92. The van der Waals surface area contributed by atoms with Gasteiger partial charge >= 0.3 is 0 Å². The molecule has 1 N–H and O–H groups in total. The van der Waals surface area contributed by atoms with Gasteiger partial charge in [0.25, 0.3) is 0 Å². The van der Waals surface area contributed by atoms with Crippen molar-refractivity contribution < 1.29 is 4.74 Å². The molecule has 0 bridgehead atoms. The fraction of sp³-hybridized carbons (Fsp3) is 0.583. The highest BCUT2D eigenvalue weighted by Crippen LogP contribution is 2.25. The molecule has 0 aliphatic heterocycles. The Morgan fingerprint density at radius 1 is 1.56 bits per heavy atom. The second-order valence-corrected chi connectivity index (χ2v) is 5.89. The summed E-state index contributed by atoms with van der Waals surface area (Å²) in [5.41, 5.74) is 1.26. The molecule has 2 aromatic rings. The average molecular weight is 285 g/mol. The van der Waals surface area contributed by atoms with Crippen LogP contribution >= 0.6 is 23.1 Å². The molecule has 0 radical (unpaired) electrons. The summed E-state index contributed by atoms with van der Waals surface area (Å²) >= 11 is 3.45. The summed E-state index contributed by atoms with van der Waals surface area (Å²) in [5.74, 6) is 0.947. The van der Waals surface area contributed by atoms with Gasteiger partial charge < -0.3 is 10.1 Å². The smallest absolute Gasteiger partial charge is 0.194 e. The highest BCUT2D eigenvalue weighted by Gasteiger charge is 2.12. The number of hydrogen-bond acceptors (Lipinski definition) is 5. The molecule has 0 saturated carbocycles. The van der Waals surface area contributed by atoms with Gasteiger partial charge in [0, 0.05) is 31.0 Å². The SMILES string of the molecule is CCCNCc1c(SCCOC)nc2sccn12. The Balaban J connectivity index is 2.10. The monoisotopic (exact) mass is 285 g/mol. The highest BCUT2D eigenvalue weighted by molar-refractivity contribution is 7.99. The van der Waals surface area contributed by atoms with Crippen molar-refractivity contribution >= 4 is 28.1 Å². The molecule has 0 atom stereocenters. The van der Waals surface area contributed by atoms with Crippen LogP contribution in [0.4, 0.5) is 0 Å². The molecule has 2 rings (SSSR count). The molecule has 0 amide bonds. The van der Waals surface area contributed by atoms with E-state index in [4.69, 9.17) is 4.74 Å². The molecule has 2 aromatic heterocycles. The van der Waals surface area contributed by atoms with E-state index in [0.29, 0.717) is 0 Å². The first kappa shape index (κ1) is 13.9. The molecule has 0 aliphatic carbocycles. The first-order chi connectivity index (χ1) is 8.86. The Hall–Kier alpha value is -0.560. The van der Waals surface area contributed by atoms with E-state index in [1.165, 1.54) is 5.69 Å². The molecular formula is C12H19N3OS2. The fourth-order valence-corrected chi connectivity index (χ4v) is 3.42. The number of nitrogens with one attached hydrogen (secondary N) is 1. The van der Waals surface area contributed by atoms with Gasteiger partial charge in [-0.25, -0.2) is 4.98 Å². The molecular weight excluding hydrogens is 266 g/mol. The molecule has 18 heavy (non-hydrogen) atoms. The van der Waals surface area contributed by atoms with Gasteiger partial charge in [0.1, 0.15) is 5.03 Å². The minimum Gasteiger partial charge on any atom is -0.384 e. The summed E-state index contributed by atoms with van der Waals surface area (Å²) < 4.78 is 7.27. The van der Waals surface area contributed by atoms with Crippen molar-refractivity contribution in [1.29, 1.82) is 0 Å². The first-order valence-electron chi connectivity index (χ1n) is 6.13. The van der Waals surface area contributed by atoms with Gasteiger partial charge in [0.15, 0.2) is 4.96 Å². The lowest BCUT2D eigenvalue weighted by atomic mass is 10.4. The predicted octanol–water partition coefficient (Wildman–Crippen LogP) is 2.63. The van der Waals surface area contributed by atoms with E-state index in [2.05, 4.69) is 33.2 Å². The van der Waals surface area contributed by atoms with Crippen LogP contribution in [0.2, 0.25) is 0 Å². The van der Waals surface area contributed by atoms with Crippen molar-refractivity contribution in [1.82, 2.24) is 14.7 Å². The largest absolute Gasteiger partial charge is 0.384 e. The minimum atomic E-state index is 0.762. The Morgan fingerprint density at radius 2 is 2.44 bits per heavy atom. The zero-order valence-corrected chi connectivity index (χ0v) is 12.4. The van der Waals surface area contributed by atoms with Crippen LogP contribution in [0.15, 0.2) is 16.6 Å². The summed E-state index contributed by atoms with van der Waals surface area (Å²) in [5, 5.41) is 6.66. The lowest BCUT2D eigenvalue weighted by Crippen LogP contribution is -2.15. The number of ether oxygens (including phenoxy) is 1. The summed E-state index contributed by atoms with van der Waals surface area (Å²) in [6, 6.07) is 0. The topological polar surface area (TPSA) is 38.6 Å². The molecule has 0 aromatic carbocycles. The molecule has 0 unspecified atom stereocenters. The molecule has 0 aliphatic rings. The third-order valence-corrected chi connectivity index (χ3v) is 4.30. The minimum absolute atomic E-state index is 0.762. The molecule has 4 nitrogen and oxygen atoms in total. The van der Waals surface area contributed by atoms with E-state index in [0.717, 1.165) is 41.9 Å². The van der Waals surface area contributed by atoms with Crippen LogP contribution in [0.3, 0.4) is 0 Å². The number of hydrogen-bond donors (Lipinski definition) is 1. The van der Waals surface area contributed by atoms with E-state index >= 15 is 0 Å². The number of methoxy groups -OCH3 is 1. The maximum Gasteiger partial charge on any atom is 0.194 e. The Morgan fingerprint density at radius 3 is 3.22 bits per heavy atom. The summed E-state index contributed by atoms with van der Waals surface area (Å²) in [4.78, 5) is 5.74. The van der Waals surface area contributed by atoms with Gasteiger partial charge in [0.05, 0.1) is 12.3 Å². The van der Waals surface area contributed by atoms with E-state index in [1.54, 1.807) is 30.2 Å². The van der Waals surface area contributed by atoms with Crippen molar-refractivity contribution in [3.05, 3.63) is 17.3 Å². The summed E-state index contributed by atoms with van der Waals surface area (Å²) in [7, 11) is 1.73. The standard InChI is InChI=1S/C12H19N3OS2/c1-3-4-13-9-10-11(17-8-6-16-2)14-12-15(10)5-7-18-12/h5,7,13H,3-4,6,8-9H2,1-2H3. The second kappa shape index (κ2) is 7.13. The Bertz CT molecular complexity index is 481. The van der Waals surface area contributed by atoms with E-state index in [1.807, 2.05) is 0 Å². The number of thiazole rings is 1. The predicted molar refractivity (Wildman–Crippen MR) is 77.7 cm³/mol. The van der Waals surface area contributed by atoms with Crippen molar-refractivity contribution in [2.75, 3.05) is 26.0 Å². The molecule has 0 fully saturated rings. The van der Waals surface area contributed by atoms with Gasteiger partial charge in [-0.05, 0) is 13.0 Å². The Labute approximate surface area is 116 Å². The van der Waals surface area contributed by atoms with Crippen LogP contribution in [0.1, 0.15) is 19.0 Å². The van der Waals surface area contributed by atoms with Crippen LogP contribution in [-0.4, -0.2) is 35.4 Å². The molecule has 100 valence electrons. The van der Waals surface area contributed by atoms with E-state index in [-0.39, 0.29) is 0 Å². The molecule has 0 saturated heterocycles. The van der Waals surface area contributed by atoms with E-state index in [9.17, 15) is 0 Å². The van der Waals surface area contributed by atoms with Crippen LogP contribution in [-0.2, 0) is 11.3 Å². The lowest BCUT2D eigenvalue weighted by Gasteiger charge is -2.05. The lowest BCUT2D eigenvalue weighted by molar-refractivity contribution is 0.218. The van der Waals surface area contributed by atoms with Crippen LogP contribution < -0.4 is 5.32 Å². The fourth-order valence-electron chi connectivity index (χ4n) is 1.69. The summed E-state index contributed by atoms with van der Waals surface area (Å²) in [6.07, 6.45) is 3.24. The zero-order chi connectivity index (χ0) is 12.8. The van der Waals surface area contributed by atoms with Gasteiger partial charge in [-0.3, -0.25) is 4.40 Å². The molecule has 0 spiro atoms.